The molecule has 0 aromatic heterocycles. The summed E-state index contributed by atoms with van der Waals surface area (Å²) >= 11 is 6.07. The lowest BCUT2D eigenvalue weighted by atomic mass is 9.91. The Morgan fingerprint density at radius 2 is 2.11 bits per heavy atom. The van der Waals surface area contributed by atoms with Crippen molar-refractivity contribution in [3.8, 4) is 0 Å². The van der Waals surface area contributed by atoms with Crippen LogP contribution in [0.1, 0.15) is 48.0 Å². The second-order valence-electron chi connectivity index (χ2n) is 7.59. The first-order chi connectivity index (χ1) is 12.6. The lowest BCUT2D eigenvalue weighted by Gasteiger charge is -2.22. The summed E-state index contributed by atoms with van der Waals surface area (Å²) in [4.78, 5) is 16.5. The van der Waals surface area contributed by atoms with E-state index in [0.29, 0.717) is 12.3 Å². The topological polar surface area (TPSA) is 50.7 Å². The van der Waals surface area contributed by atoms with Crippen LogP contribution < -0.4 is 5.32 Å². The van der Waals surface area contributed by atoms with Gasteiger partial charge < -0.3 is 4.74 Å². The standard InChI is InChI=1S/C22H31ClN2O2/c1-8-11-24-14-19(16(3)13-23)18-9-10-20(17(4)15(2)12-18)25-21(26)27-22(5,6)7/h8-11,14,17H,2,12-13H2,1,3-7H3,(H,25,26)/b11-8+,19-16-,24-14+. The van der Waals surface area contributed by atoms with Gasteiger partial charge in [-0.05, 0) is 63.8 Å². The van der Waals surface area contributed by atoms with Gasteiger partial charge in [-0.15, -0.1) is 11.6 Å². The Balaban J connectivity index is 3.20. The lowest BCUT2D eigenvalue weighted by molar-refractivity contribution is 0.0542. The van der Waals surface area contributed by atoms with Crippen LogP contribution in [-0.2, 0) is 4.74 Å². The van der Waals surface area contributed by atoms with Gasteiger partial charge in [0, 0.05) is 29.9 Å². The lowest BCUT2D eigenvalue weighted by Crippen LogP contribution is -2.33. The number of carbonyl (C=O) groups is 1. The fourth-order valence-electron chi connectivity index (χ4n) is 2.51. The molecule has 0 spiro atoms. The number of aliphatic imine (C=N–C) groups is 1. The van der Waals surface area contributed by atoms with E-state index in [-0.39, 0.29) is 5.92 Å². The molecular formula is C22H31ClN2O2. The molecule has 0 aromatic carbocycles. The molecule has 1 aliphatic carbocycles. The zero-order valence-electron chi connectivity index (χ0n) is 17.2. The summed E-state index contributed by atoms with van der Waals surface area (Å²) in [6, 6.07) is 0. The fraction of sp³-hybridized carbons (Fsp3) is 0.455. The molecule has 1 rings (SSSR count). The number of rotatable bonds is 5. The molecule has 0 saturated carbocycles. The Morgan fingerprint density at radius 3 is 2.67 bits per heavy atom. The van der Waals surface area contributed by atoms with Crippen LogP contribution in [0.4, 0.5) is 4.79 Å². The number of allylic oxidation sites excluding steroid dienone is 7. The van der Waals surface area contributed by atoms with Crippen molar-refractivity contribution in [1.29, 1.82) is 0 Å². The van der Waals surface area contributed by atoms with Crippen LogP contribution in [0.15, 0.2) is 64.0 Å². The number of nitrogens with zero attached hydrogens (tertiary/aromatic N) is 1. The molecule has 0 bridgehead atoms. The molecule has 0 aliphatic heterocycles. The third-order valence-electron chi connectivity index (χ3n) is 4.05. The summed E-state index contributed by atoms with van der Waals surface area (Å²) in [6.07, 6.45) is 9.55. The number of ether oxygens (including phenoxy) is 1. The van der Waals surface area contributed by atoms with E-state index in [9.17, 15) is 4.79 Å². The van der Waals surface area contributed by atoms with Crippen molar-refractivity contribution < 1.29 is 9.53 Å². The fourth-order valence-corrected chi connectivity index (χ4v) is 2.65. The van der Waals surface area contributed by atoms with Gasteiger partial charge in [-0.3, -0.25) is 10.3 Å². The van der Waals surface area contributed by atoms with Crippen molar-refractivity contribution in [3.63, 3.8) is 0 Å². The van der Waals surface area contributed by atoms with Crippen LogP contribution in [-0.4, -0.2) is 23.8 Å². The summed E-state index contributed by atoms with van der Waals surface area (Å²) in [5.41, 5.74) is 4.31. The largest absolute Gasteiger partial charge is 0.444 e. The molecule has 1 N–H and O–H groups in total. The predicted molar refractivity (Wildman–Crippen MR) is 115 cm³/mol. The van der Waals surface area contributed by atoms with Crippen molar-refractivity contribution in [2.75, 3.05) is 5.88 Å². The number of alkyl halides is 1. The van der Waals surface area contributed by atoms with Gasteiger partial charge in [0.25, 0.3) is 0 Å². The van der Waals surface area contributed by atoms with Crippen molar-refractivity contribution in [2.45, 2.75) is 53.6 Å². The number of hydrogen-bond acceptors (Lipinski definition) is 3. The van der Waals surface area contributed by atoms with Gasteiger partial charge >= 0.3 is 6.09 Å². The number of alkyl carbamates (subject to hydrolysis) is 1. The third kappa shape index (κ3) is 7.59. The number of hydrogen-bond donors (Lipinski definition) is 1. The van der Waals surface area contributed by atoms with E-state index in [1.807, 2.05) is 66.0 Å². The Bertz CT molecular complexity index is 719. The molecule has 0 aromatic rings. The van der Waals surface area contributed by atoms with Crippen LogP contribution >= 0.6 is 11.6 Å². The van der Waals surface area contributed by atoms with Crippen LogP contribution in [0.2, 0.25) is 0 Å². The Morgan fingerprint density at radius 1 is 1.44 bits per heavy atom. The average Bonchev–Trinajstić information content (AvgIpc) is 2.70. The van der Waals surface area contributed by atoms with Gasteiger partial charge in [-0.1, -0.05) is 31.2 Å². The van der Waals surface area contributed by atoms with Crippen LogP contribution in [0, 0.1) is 5.92 Å². The maximum Gasteiger partial charge on any atom is 0.411 e. The molecule has 0 fully saturated rings. The summed E-state index contributed by atoms with van der Waals surface area (Å²) in [5.74, 6) is 0.417. The SMILES string of the molecule is C=C1CC(C(/C=N/C=C/C)=C(/C)CCl)=CC=C(NC(=O)OC(C)(C)C)C1C. The van der Waals surface area contributed by atoms with E-state index >= 15 is 0 Å². The summed E-state index contributed by atoms with van der Waals surface area (Å²) in [5, 5.41) is 2.86. The Kier molecular flexibility index (Phi) is 8.77. The van der Waals surface area contributed by atoms with Crippen LogP contribution in [0.3, 0.4) is 0 Å². The molecule has 1 atom stereocenters. The van der Waals surface area contributed by atoms with E-state index in [4.69, 9.17) is 16.3 Å². The second kappa shape index (κ2) is 10.3. The molecule has 27 heavy (non-hydrogen) atoms. The molecule has 1 aliphatic rings. The van der Waals surface area contributed by atoms with Crippen LogP contribution in [0.5, 0.6) is 0 Å². The quantitative estimate of drug-likeness (QED) is 0.351. The van der Waals surface area contributed by atoms with Gasteiger partial charge in [0.2, 0.25) is 0 Å². The number of nitrogens with one attached hydrogen (secondary N) is 1. The average molecular weight is 391 g/mol. The van der Waals surface area contributed by atoms with E-state index in [1.54, 1.807) is 6.20 Å². The van der Waals surface area contributed by atoms with Crippen molar-refractivity contribution in [3.05, 3.63) is 59.0 Å². The van der Waals surface area contributed by atoms with Crippen molar-refractivity contribution >= 4 is 23.9 Å². The van der Waals surface area contributed by atoms with Gasteiger partial charge in [0.1, 0.15) is 5.60 Å². The second-order valence-corrected chi connectivity index (χ2v) is 7.85. The highest BCUT2D eigenvalue weighted by Crippen LogP contribution is 2.31. The highest BCUT2D eigenvalue weighted by molar-refractivity contribution is 6.19. The zero-order chi connectivity index (χ0) is 20.6. The van der Waals surface area contributed by atoms with E-state index in [0.717, 1.165) is 28.0 Å². The minimum atomic E-state index is -0.548. The summed E-state index contributed by atoms with van der Waals surface area (Å²) < 4.78 is 5.36. The third-order valence-corrected chi connectivity index (χ3v) is 4.45. The highest BCUT2D eigenvalue weighted by Gasteiger charge is 2.22. The van der Waals surface area contributed by atoms with Gasteiger partial charge in [-0.25, -0.2) is 4.79 Å². The molecule has 0 radical (unpaired) electrons. The van der Waals surface area contributed by atoms with Gasteiger partial charge in [0.15, 0.2) is 0 Å². The minimum absolute atomic E-state index is 0.00342. The monoisotopic (exact) mass is 390 g/mol. The number of amides is 1. The maximum atomic E-state index is 12.2. The van der Waals surface area contributed by atoms with Crippen molar-refractivity contribution in [1.82, 2.24) is 5.32 Å². The van der Waals surface area contributed by atoms with Gasteiger partial charge in [0.05, 0.1) is 0 Å². The Hall–Kier alpha value is -2.07. The molecule has 4 nitrogen and oxygen atoms in total. The molecule has 0 saturated heterocycles. The number of halogens is 1. The molecule has 5 heteroatoms. The van der Waals surface area contributed by atoms with E-state index in [2.05, 4.69) is 16.9 Å². The van der Waals surface area contributed by atoms with E-state index in [1.165, 1.54) is 0 Å². The first-order valence-corrected chi connectivity index (χ1v) is 9.61. The predicted octanol–water partition coefficient (Wildman–Crippen LogP) is 6.08. The molecule has 148 valence electrons. The smallest absolute Gasteiger partial charge is 0.411 e. The molecule has 1 amide bonds. The van der Waals surface area contributed by atoms with Crippen molar-refractivity contribution in [2.24, 2.45) is 10.9 Å². The molecule has 1 unspecified atom stereocenters. The zero-order valence-corrected chi connectivity index (χ0v) is 18.0. The highest BCUT2D eigenvalue weighted by atomic mass is 35.5. The Labute approximate surface area is 168 Å². The van der Waals surface area contributed by atoms with E-state index < -0.39 is 11.7 Å². The first kappa shape index (κ1) is 23.0. The summed E-state index contributed by atoms with van der Waals surface area (Å²) in [6.45, 7) is 15.7. The van der Waals surface area contributed by atoms with Crippen LogP contribution in [0.25, 0.3) is 0 Å². The maximum absolute atomic E-state index is 12.2. The molecule has 0 heterocycles. The normalized spacial score (nSPS) is 19.5. The minimum Gasteiger partial charge on any atom is -0.444 e. The first-order valence-electron chi connectivity index (χ1n) is 9.07. The molecular weight excluding hydrogens is 360 g/mol. The van der Waals surface area contributed by atoms with Gasteiger partial charge in [-0.2, -0.15) is 0 Å². The summed E-state index contributed by atoms with van der Waals surface area (Å²) in [7, 11) is 0. The number of carbonyl (C=O) groups excluding carboxylic acids is 1.